The van der Waals surface area contributed by atoms with Gasteiger partial charge in [0.2, 0.25) is 12.7 Å². The number of ether oxygens (including phenoxy) is 2. The summed E-state index contributed by atoms with van der Waals surface area (Å²) >= 11 is 1.81. The molecular weight excluding hydrogens is 264 g/mol. The second kappa shape index (κ2) is 5.71. The summed E-state index contributed by atoms with van der Waals surface area (Å²) in [6.07, 6.45) is 0. The van der Waals surface area contributed by atoms with Crippen LogP contribution in [0.3, 0.4) is 0 Å². The lowest BCUT2D eigenvalue weighted by Crippen LogP contribution is -2.48. The Balaban J connectivity index is 1.60. The third-order valence-electron chi connectivity index (χ3n) is 3.17. The Kier molecular flexibility index (Phi) is 3.79. The molecule has 0 radical (unpaired) electrons. The summed E-state index contributed by atoms with van der Waals surface area (Å²) in [5.41, 5.74) is 0.951. The number of rotatable bonds is 3. The van der Waals surface area contributed by atoms with Gasteiger partial charge in [-0.15, -0.1) is 0 Å². The third-order valence-corrected chi connectivity index (χ3v) is 4.23. The molecule has 102 valence electrons. The number of nitrogens with one attached hydrogen (secondary N) is 2. The molecule has 5 nitrogen and oxygen atoms in total. The Labute approximate surface area is 116 Å². The molecule has 1 saturated heterocycles. The maximum atomic E-state index is 12.0. The van der Waals surface area contributed by atoms with Crippen LogP contribution in [0.1, 0.15) is 5.56 Å². The summed E-state index contributed by atoms with van der Waals surface area (Å²) < 4.78 is 10.7. The molecule has 2 N–H and O–H groups in total. The highest BCUT2D eigenvalue weighted by molar-refractivity contribution is 7.99. The average Bonchev–Trinajstić information content (AvgIpc) is 2.94. The van der Waals surface area contributed by atoms with Crippen molar-refractivity contribution in [2.24, 2.45) is 0 Å². The fourth-order valence-electron chi connectivity index (χ4n) is 2.17. The minimum atomic E-state index is -0.0901. The van der Waals surface area contributed by atoms with Crippen molar-refractivity contribution >= 4 is 17.7 Å². The molecule has 2 aliphatic rings. The normalized spacial score (nSPS) is 21.2. The smallest absolute Gasteiger partial charge is 0.238 e. The second-order valence-electron chi connectivity index (χ2n) is 4.45. The molecule has 0 aromatic heterocycles. The number of benzene rings is 1. The van der Waals surface area contributed by atoms with E-state index in [1.54, 1.807) is 11.8 Å². The van der Waals surface area contributed by atoms with E-state index in [2.05, 4.69) is 10.6 Å². The molecular formula is C13H16N2O3S. The molecule has 1 aromatic carbocycles. The van der Waals surface area contributed by atoms with Gasteiger partial charge in [0, 0.05) is 30.2 Å². The van der Waals surface area contributed by atoms with Gasteiger partial charge in [0.05, 0.1) is 6.04 Å². The van der Waals surface area contributed by atoms with Gasteiger partial charge in [-0.1, -0.05) is 12.1 Å². The van der Waals surface area contributed by atoms with E-state index < -0.39 is 0 Å². The van der Waals surface area contributed by atoms with Gasteiger partial charge in [0.1, 0.15) is 0 Å². The summed E-state index contributed by atoms with van der Waals surface area (Å²) in [6, 6.07) is 5.63. The fourth-order valence-corrected chi connectivity index (χ4v) is 3.10. The standard InChI is InChI=1S/C13H16N2O3S/c16-13(10-7-19-5-4-14-10)15-6-9-2-1-3-11-12(9)18-8-17-11/h1-3,10,14H,4-8H2,(H,15,16). The predicted octanol–water partition coefficient (Wildman–Crippen LogP) is 0.736. The maximum Gasteiger partial charge on any atom is 0.238 e. The van der Waals surface area contributed by atoms with Gasteiger partial charge in [-0.25, -0.2) is 0 Å². The molecule has 6 heteroatoms. The van der Waals surface area contributed by atoms with Crippen LogP contribution in [0, 0.1) is 0 Å². The second-order valence-corrected chi connectivity index (χ2v) is 5.60. The lowest BCUT2D eigenvalue weighted by molar-refractivity contribution is -0.122. The lowest BCUT2D eigenvalue weighted by atomic mass is 10.2. The number of amides is 1. The quantitative estimate of drug-likeness (QED) is 0.855. The Hall–Kier alpha value is -1.40. The van der Waals surface area contributed by atoms with Crippen molar-refractivity contribution in [2.45, 2.75) is 12.6 Å². The predicted molar refractivity (Wildman–Crippen MR) is 73.5 cm³/mol. The Morgan fingerprint density at radius 2 is 2.42 bits per heavy atom. The molecule has 1 amide bonds. The summed E-state index contributed by atoms with van der Waals surface area (Å²) in [5.74, 6) is 3.44. The highest BCUT2D eigenvalue weighted by atomic mass is 32.2. The van der Waals surface area contributed by atoms with E-state index in [9.17, 15) is 4.79 Å². The van der Waals surface area contributed by atoms with E-state index >= 15 is 0 Å². The fraction of sp³-hybridized carbons (Fsp3) is 0.462. The molecule has 2 aliphatic heterocycles. The van der Waals surface area contributed by atoms with Crippen molar-refractivity contribution in [1.29, 1.82) is 0 Å². The molecule has 3 rings (SSSR count). The van der Waals surface area contributed by atoms with Gasteiger partial charge in [0.15, 0.2) is 11.5 Å². The molecule has 0 spiro atoms. The lowest BCUT2D eigenvalue weighted by Gasteiger charge is -2.22. The maximum absolute atomic E-state index is 12.0. The van der Waals surface area contributed by atoms with Crippen LogP contribution in [0.5, 0.6) is 11.5 Å². The molecule has 2 heterocycles. The Morgan fingerprint density at radius 3 is 3.26 bits per heavy atom. The van der Waals surface area contributed by atoms with Gasteiger partial charge in [-0.05, 0) is 6.07 Å². The zero-order valence-corrected chi connectivity index (χ0v) is 11.3. The van der Waals surface area contributed by atoms with Crippen molar-refractivity contribution in [2.75, 3.05) is 24.8 Å². The van der Waals surface area contributed by atoms with E-state index in [4.69, 9.17) is 9.47 Å². The van der Waals surface area contributed by atoms with Crippen molar-refractivity contribution in [1.82, 2.24) is 10.6 Å². The number of carbonyl (C=O) groups is 1. The van der Waals surface area contributed by atoms with E-state index in [-0.39, 0.29) is 18.7 Å². The zero-order valence-electron chi connectivity index (χ0n) is 10.5. The van der Waals surface area contributed by atoms with Gasteiger partial charge < -0.3 is 20.1 Å². The van der Waals surface area contributed by atoms with Crippen LogP contribution in [0.15, 0.2) is 18.2 Å². The van der Waals surface area contributed by atoms with Crippen LogP contribution in [-0.4, -0.2) is 36.8 Å². The van der Waals surface area contributed by atoms with Crippen LogP contribution in [0.25, 0.3) is 0 Å². The number of hydrogen-bond donors (Lipinski definition) is 2. The first-order valence-electron chi connectivity index (χ1n) is 6.31. The largest absolute Gasteiger partial charge is 0.454 e. The SMILES string of the molecule is O=C(NCc1cccc2c1OCO2)C1CSCCN1. The van der Waals surface area contributed by atoms with Crippen LogP contribution < -0.4 is 20.1 Å². The van der Waals surface area contributed by atoms with E-state index in [1.165, 1.54) is 0 Å². The number of thioether (sulfide) groups is 1. The average molecular weight is 280 g/mol. The van der Waals surface area contributed by atoms with Gasteiger partial charge in [0.25, 0.3) is 0 Å². The first-order chi connectivity index (χ1) is 9.34. The molecule has 0 bridgehead atoms. The summed E-state index contributed by atoms with van der Waals surface area (Å²) in [7, 11) is 0. The topological polar surface area (TPSA) is 59.6 Å². The highest BCUT2D eigenvalue weighted by Crippen LogP contribution is 2.35. The molecule has 1 fully saturated rings. The first-order valence-corrected chi connectivity index (χ1v) is 7.46. The minimum absolute atomic E-state index is 0.0451. The number of fused-ring (bicyclic) bond motifs is 1. The number of carbonyl (C=O) groups excluding carboxylic acids is 1. The third kappa shape index (κ3) is 2.79. The Morgan fingerprint density at radius 1 is 1.47 bits per heavy atom. The van der Waals surface area contributed by atoms with Crippen LogP contribution in [0.4, 0.5) is 0 Å². The Bertz CT molecular complexity index is 475. The number of hydrogen-bond acceptors (Lipinski definition) is 5. The molecule has 19 heavy (non-hydrogen) atoms. The van der Waals surface area contributed by atoms with Crippen LogP contribution >= 0.6 is 11.8 Å². The van der Waals surface area contributed by atoms with Crippen molar-refractivity contribution in [3.63, 3.8) is 0 Å². The highest BCUT2D eigenvalue weighted by Gasteiger charge is 2.22. The summed E-state index contributed by atoms with van der Waals surface area (Å²) in [6.45, 7) is 1.61. The first kappa shape index (κ1) is 12.6. The van der Waals surface area contributed by atoms with Gasteiger partial charge in [-0.2, -0.15) is 11.8 Å². The van der Waals surface area contributed by atoms with Crippen molar-refractivity contribution in [3.8, 4) is 11.5 Å². The molecule has 1 atom stereocenters. The molecule has 1 aromatic rings. The monoisotopic (exact) mass is 280 g/mol. The zero-order chi connectivity index (χ0) is 13.1. The van der Waals surface area contributed by atoms with E-state index in [0.717, 1.165) is 35.1 Å². The van der Waals surface area contributed by atoms with Crippen molar-refractivity contribution in [3.05, 3.63) is 23.8 Å². The summed E-state index contributed by atoms with van der Waals surface area (Å²) in [4.78, 5) is 12.0. The minimum Gasteiger partial charge on any atom is -0.454 e. The van der Waals surface area contributed by atoms with Crippen LogP contribution in [-0.2, 0) is 11.3 Å². The summed E-state index contributed by atoms with van der Waals surface area (Å²) in [5, 5.41) is 6.17. The van der Waals surface area contributed by atoms with Crippen LogP contribution in [0.2, 0.25) is 0 Å². The number of para-hydroxylation sites is 1. The molecule has 0 saturated carbocycles. The van der Waals surface area contributed by atoms with Gasteiger partial charge in [-0.3, -0.25) is 4.79 Å². The molecule has 1 unspecified atom stereocenters. The van der Waals surface area contributed by atoms with E-state index in [1.807, 2.05) is 18.2 Å². The molecule has 0 aliphatic carbocycles. The van der Waals surface area contributed by atoms with Crippen molar-refractivity contribution < 1.29 is 14.3 Å². The van der Waals surface area contributed by atoms with Gasteiger partial charge >= 0.3 is 0 Å². The van der Waals surface area contributed by atoms with E-state index in [0.29, 0.717) is 6.54 Å².